The van der Waals surface area contributed by atoms with E-state index in [-0.39, 0.29) is 29.9 Å². The fraction of sp³-hybridized carbons (Fsp3) is 0.526. The number of carbonyl (C=O) groups excluding carboxylic acids is 2. The number of hydrazine groups is 1. The van der Waals surface area contributed by atoms with Crippen LogP contribution in [0.1, 0.15) is 32.1 Å². The van der Waals surface area contributed by atoms with Gasteiger partial charge in [-0.1, -0.05) is 11.8 Å². The van der Waals surface area contributed by atoms with Crippen LogP contribution in [0.25, 0.3) is 0 Å². The van der Waals surface area contributed by atoms with Gasteiger partial charge in [0.05, 0.1) is 13.2 Å². The molecule has 0 aromatic heterocycles. The maximum Gasteiger partial charge on any atom is 0.251 e. The van der Waals surface area contributed by atoms with E-state index in [1.807, 2.05) is 0 Å². The van der Waals surface area contributed by atoms with Crippen LogP contribution in [0.3, 0.4) is 0 Å². The molecule has 0 saturated carbocycles. The zero-order valence-electron chi connectivity index (χ0n) is 17.4. The van der Waals surface area contributed by atoms with E-state index in [0.717, 1.165) is 6.42 Å². The Kier molecular flexibility index (Phi) is 9.49. The molecule has 170 valence electrons. The molecule has 12 heteroatoms. The second-order valence-electron chi connectivity index (χ2n) is 7.13. The Morgan fingerprint density at radius 1 is 1.29 bits per heavy atom. The molecular formula is C19H29N7O5. The van der Waals surface area contributed by atoms with Gasteiger partial charge in [-0.25, -0.2) is 15.1 Å². The molecule has 6 N–H and O–H groups in total. The molecule has 1 aromatic carbocycles. The Morgan fingerprint density at radius 2 is 2.03 bits per heavy atom. The Hall–Kier alpha value is -3.41. The molecule has 1 saturated heterocycles. The molecule has 1 aliphatic rings. The first kappa shape index (κ1) is 23.9. The van der Waals surface area contributed by atoms with E-state index in [0.29, 0.717) is 50.2 Å². The highest BCUT2D eigenvalue weighted by Gasteiger charge is 2.30. The molecule has 31 heavy (non-hydrogen) atoms. The number of unbranched alkanes of at least 4 members (excludes halogenated alkanes) is 2. The summed E-state index contributed by atoms with van der Waals surface area (Å²) in [6.07, 6.45) is 2.98. The van der Waals surface area contributed by atoms with Crippen molar-refractivity contribution in [1.29, 1.82) is 0 Å². The average Bonchev–Trinajstić information content (AvgIpc) is 3.19. The number of rotatable bonds is 11. The number of nitrogens with one attached hydrogen (secondary N) is 4. The lowest BCUT2D eigenvalue weighted by atomic mass is 10.1. The second kappa shape index (κ2) is 12.3. The maximum absolute atomic E-state index is 12.4. The van der Waals surface area contributed by atoms with Crippen molar-refractivity contribution in [1.82, 2.24) is 16.1 Å². The van der Waals surface area contributed by atoms with Crippen molar-refractivity contribution in [2.75, 3.05) is 25.5 Å². The summed E-state index contributed by atoms with van der Waals surface area (Å²) >= 11 is 0. The van der Waals surface area contributed by atoms with Crippen LogP contribution in [-0.2, 0) is 9.59 Å². The molecule has 12 nitrogen and oxygen atoms in total. The minimum Gasteiger partial charge on any atom is -0.497 e. The Labute approximate surface area is 180 Å². The first-order valence-corrected chi connectivity index (χ1v) is 10.1. The van der Waals surface area contributed by atoms with Crippen LogP contribution in [0.2, 0.25) is 0 Å². The van der Waals surface area contributed by atoms with Gasteiger partial charge in [0.15, 0.2) is 5.03 Å². The first-order valence-electron chi connectivity index (χ1n) is 10.1. The van der Waals surface area contributed by atoms with Gasteiger partial charge in [-0.3, -0.25) is 9.59 Å². The number of guanidine groups is 1. The maximum atomic E-state index is 12.4. The molecule has 0 aliphatic carbocycles. The molecule has 0 spiro atoms. The molecule has 1 fully saturated rings. The fourth-order valence-corrected chi connectivity index (χ4v) is 3.15. The standard InChI is InChI=1S/C19H29N7O5/c1-31-15-8-6-13(7-9-15)24-18(28)16-11-14(12-22-16)23-17(27)5-3-2-4-10-21-19(20)25-26(29)30/h6-9,14,16,22H,2-5,10-12H2,1H3,(H,23,27)(H,24,28)(H3,20,21,25)/t14-,16-/m0/s1. The fourth-order valence-electron chi connectivity index (χ4n) is 3.15. The number of carbonyl (C=O) groups is 2. The molecule has 2 rings (SSSR count). The van der Waals surface area contributed by atoms with Gasteiger partial charge in [0.25, 0.3) is 5.96 Å². The zero-order chi connectivity index (χ0) is 22.6. The van der Waals surface area contributed by atoms with E-state index >= 15 is 0 Å². The van der Waals surface area contributed by atoms with Crippen LogP contribution in [0, 0.1) is 10.1 Å². The quantitative estimate of drug-likeness (QED) is 0.107. The third kappa shape index (κ3) is 8.86. The Bertz CT molecular complexity index is 784. The predicted molar refractivity (Wildman–Crippen MR) is 115 cm³/mol. The normalized spacial score (nSPS) is 18.3. The largest absolute Gasteiger partial charge is 0.497 e. The van der Waals surface area contributed by atoms with Crippen LogP contribution in [-0.4, -0.2) is 55.1 Å². The monoisotopic (exact) mass is 435 g/mol. The van der Waals surface area contributed by atoms with Crippen LogP contribution in [0.4, 0.5) is 5.69 Å². The van der Waals surface area contributed by atoms with Gasteiger partial charge in [0, 0.05) is 31.2 Å². The van der Waals surface area contributed by atoms with Crippen LogP contribution in [0.5, 0.6) is 5.75 Å². The van der Waals surface area contributed by atoms with Gasteiger partial charge in [-0.05, 0) is 43.5 Å². The SMILES string of the molecule is COc1ccc(NC(=O)[C@@H]2C[C@H](NC(=O)CCCCCN=C(N)N[N+](=O)[O-])CN2)cc1. The van der Waals surface area contributed by atoms with E-state index in [1.165, 1.54) is 0 Å². The summed E-state index contributed by atoms with van der Waals surface area (Å²) in [5.74, 6) is 0.264. The van der Waals surface area contributed by atoms with Gasteiger partial charge in [0.2, 0.25) is 11.8 Å². The van der Waals surface area contributed by atoms with E-state index in [9.17, 15) is 19.7 Å². The van der Waals surface area contributed by atoms with Gasteiger partial charge >= 0.3 is 0 Å². The average molecular weight is 435 g/mol. The molecule has 2 atom stereocenters. The summed E-state index contributed by atoms with van der Waals surface area (Å²) in [7, 11) is 1.58. The minimum absolute atomic E-state index is 0.0685. The highest BCUT2D eigenvalue weighted by molar-refractivity contribution is 5.95. The molecular weight excluding hydrogens is 406 g/mol. The number of hydrogen-bond donors (Lipinski definition) is 5. The number of amides is 2. The number of hydrogen-bond acceptors (Lipinski definition) is 7. The van der Waals surface area contributed by atoms with Crippen molar-refractivity contribution in [2.24, 2.45) is 10.7 Å². The number of anilines is 1. The summed E-state index contributed by atoms with van der Waals surface area (Å²) in [6.45, 7) is 0.885. The highest BCUT2D eigenvalue weighted by Crippen LogP contribution is 2.16. The van der Waals surface area contributed by atoms with E-state index in [1.54, 1.807) is 36.8 Å². The lowest BCUT2D eigenvalue weighted by Crippen LogP contribution is -2.36. The molecule has 2 amide bonds. The Morgan fingerprint density at radius 3 is 2.71 bits per heavy atom. The third-order valence-corrected chi connectivity index (χ3v) is 4.72. The summed E-state index contributed by atoms with van der Waals surface area (Å²) < 4.78 is 5.09. The zero-order valence-corrected chi connectivity index (χ0v) is 17.4. The topological polar surface area (TPSA) is 173 Å². The summed E-state index contributed by atoms with van der Waals surface area (Å²) in [5.41, 5.74) is 7.76. The van der Waals surface area contributed by atoms with Gasteiger partial charge in [-0.2, -0.15) is 0 Å². The van der Waals surface area contributed by atoms with Crippen molar-refractivity contribution in [2.45, 2.75) is 44.2 Å². The number of benzene rings is 1. The van der Waals surface area contributed by atoms with Crippen molar-refractivity contribution < 1.29 is 19.4 Å². The number of nitro groups is 1. The Balaban J connectivity index is 1.60. The highest BCUT2D eigenvalue weighted by atomic mass is 16.7. The predicted octanol–water partition coefficient (Wildman–Crippen LogP) is 0.137. The smallest absolute Gasteiger partial charge is 0.251 e. The molecule has 1 heterocycles. The number of nitrogens with zero attached hydrogens (tertiary/aromatic N) is 2. The number of ether oxygens (including phenoxy) is 1. The molecule has 1 aliphatic heterocycles. The van der Waals surface area contributed by atoms with Crippen LogP contribution >= 0.6 is 0 Å². The molecule has 0 unspecified atom stereocenters. The molecule has 0 bridgehead atoms. The summed E-state index contributed by atoms with van der Waals surface area (Å²) in [6, 6.07) is 6.60. The van der Waals surface area contributed by atoms with Crippen molar-refractivity contribution >= 4 is 23.5 Å². The molecule has 1 aromatic rings. The lowest BCUT2D eigenvalue weighted by molar-refractivity contribution is -0.525. The van der Waals surface area contributed by atoms with Gasteiger partial charge in [0.1, 0.15) is 5.75 Å². The number of nitrogens with two attached hydrogens (primary N) is 1. The summed E-state index contributed by atoms with van der Waals surface area (Å²) in [4.78, 5) is 38.5. The van der Waals surface area contributed by atoms with Crippen molar-refractivity contribution in [3.8, 4) is 5.75 Å². The molecule has 0 radical (unpaired) electrons. The van der Waals surface area contributed by atoms with Crippen LogP contribution in [0.15, 0.2) is 29.3 Å². The third-order valence-electron chi connectivity index (χ3n) is 4.72. The first-order chi connectivity index (χ1) is 14.9. The van der Waals surface area contributed by atoms with E-state index in [2.05, 4.69) is 20.9 Å². The minimum atomic E-state index is -0.770. The lowest BCUT2D eigenvalue weighted by Gasteiger charge is -2.13. The van der Waals surface area contributed by atoms with Crippen LogP contribution < -0.4 is 31.8 Å². The van der Waals surface area contributed by atoms with E-state index < -0.39 is 5.03 Å². The van der Waals surface area contributed by atoms with Crippen molar-refractivity contribution in [3.05, 3.63) is 34.4 Å². The van der Waals surface area contributed by atoms with Gasteiger partial charge in [-0.15, -0.1) is 0 Å². The van der Waals surface area contributed by atoms with E-state index in [4.69, 9.17) is 10.5 Å². The number of aliphatic imine (C=N–C) groups is 1. The summed E-state index contributed by atoms with van der Waals surface area (Å²) in [5, 5.41) is 18.3. The van der Waals surface area contributed by atoms with Crippen molar-refractivity contribution in [3.63, 3.8) is 0 Å². The number of methoxy groups -OCH3 is 1. The second-order valence-corrected chi connectivity index (χ2v) is 7.13. The van der Waals surface area contributed by atoms with Gasteiger partial charge < -0.3 is 26.4 Å².